The third-order valence-electron chi connectivity index (χ3n) is 6.08. The molecule has 0 aliphatic carbocycles. The first-order chi connectivity index (χ1) is 20.8. The smallest absolute Gasteiger partial charge is 0.343 e. The lowest BCUT2D eigenvalue weighted by atomic mass is 10.2. The molecule has 0 aliphatic rings. The van der Waals surface area contributed by atoms with Crippen LogP contribution in [-0.2, 0) is 10.0 Å². The molecule has 0 atom stereocenters. The zero-order valence-electron chi connectivity index (χ0n) is 23.6. The summed E-state index contributed by atoms with van der Waals surface area (Å²) in [5.74, 6) is 0.164. The zero-order chi connectivity index (χ0) is 30.7. The van der Waals surface area contributed by atoms with Crippen LogP contribution in [0, 0.1) is 0 Å². The van der Waals surface area contributed by atoms with E-state index in [0.29, 0.717) is 34.9 Å². The number of benzene rings is 4. The number of carbonyl (C=O) groups excluding carboxylic acids is 2. The van der Waals surface area contributed by atoms with Gasteiger partial charge in [0.2, 0.25) is 0 Å². The molecule has 0 bridgehead atoms. The Hall–Kier alpha value is -5.16. The van der Waals surface area contributed by atoms with Gasteiger partial charge < -0.3 is 14.2 Å². The highest BCUT2D eigenvalue weighted by molar-refractivity contribution is 7.92. The van der Waals surface area contributed by atoms with Crippen LogP contribution in [0.25, 0.3) is 0 Å². The third-order valence-corrected chi connectivity index (χ3v) is 7.48. The SMILES string of the molecule is CCCCOc1ccc(C(=O)Oc2ccc(/C=N/NC(=O)c3ccc(NS(=O)(=O)c4ccccc4)cc3)cc2OC)cc1. The molecule has 222 valence electrons. The molecule has 4 aromatic rings. The van der Waals surface area contributed by atoms with Gasteiger partial charge in [0.1, 0.15) is 5.75 Å². The van der Waals surface area contributed by atoms with Crippen molar-refractivity contribution >= 4 is 33.8 Å². The number of esters is 1. The molecule has 0 aliphatic heterocycles. The maximum atomic E-state index is 12.6. The van der Waals surface area contributed by atoms with Crippen molar-refractivity contribution in [2.75, 3.05) is 18.4 Å². The van der Waals surface area contributed by atoms with Crippen LogP contribution in [0.2, 0.25) is 0 Å². The van der Waals surface area contributed by atoms with Crippen molar-refractivity contribution in [1.82, 2.24) is 5.43 Å². The van der Waals surface area contributed by atoms with Gasteiger partial charge in [-0.3, -0.25) is 9.52 Å². The Labute approximate surface area is 250 Å². The summed E-state index contributed by atoms with van der Waals surface area (Å²) in [6.45, 7) is 2.70. The fourth-order valence-electron chi connectivity index (χ4n) is 3.76. The lowest BCUT2D eigenvalue weighted by Crippen LogP contribution is -2.18. The van der Waals surface area contributed by atoms with Crippen molar-refractivity contribution in [1.29, 1.82) is 0 Å². The number of anilines is 1. The van der Waals surface area contributed by atoms with Crippen LogP contribution >= 0.6 is 0 Å². The molecular weight excluding hydrogens is 570 g/mol. The third kappa shape index (κ3) is 8.66. The highest BCUT2D eigenvalue weighted by Crippen LogP contribution is 2.28. The number of hydrogen-bond acceptors (Lipinski definition) is 8. The molecule has 0 aromatic heterocycles. The van der Waals surface area contributed by atoms with E-state index in [2.05, 4.69) is 22.2 Å². The molecule has 0 saturated heterocycles. The van der Waals surface area contributed by atoms with E-state index in [1.807, 2.05) is 0 Å². The molecule has 0 spiro atoms. The molecule has 4 rings (SSSR count). The van der Waals surface area contributed by atoms with E-state index < -0.39 is 21.9 Å². The van der Waals surface area contributed by atoms with Crippen LogP contribution in [0.4, 0.5) is 5.69 Å². The van der Waals surface area contributed by atoms with Gasteiger partial charge in [-0.15, -0.1) is 0 Å². The van der Waals surface area contributed by atoms with Crippen LogP contribution in [0.1, 0.15) is 46.0 Å². The Morgan fingerprint density at radius 2 is 1.56 bits per heavy atom. The van der Waals surface area contributed by atoms with E-state index in [1.165, 1.54) is 49.7 Å². The van der Waals surface area contributed by atoms with Crippen LogP contribution in [-0.4, -0.2) is 40.2 Å². The topological polar surface area (TPSA) is 132 Å². The van der Waals surface area contributed by atoms with Crippen molar-refractivity contribution in [3.63, 3.8) is 0 Å². The van der Waals surface area contributed by atoms with Crippen molar-refractivity contribution in [3.05, 3.63) is 114 Å². The van der Waals surface area contributed by atoms with Gasteiger partial charge in [-0.2, -0.15) is 5.10 Å². The molecule has 0 fully saturated rings. The minimum Gasteiger partial charge on any atom is -0.494 e. The first-order valence-corrected chi connectivity index (χ1v) is 14.9. The predicted octanol–water partition coefficient (Wildman–Crippen LogP) is 5.66. The van der Waals surface area contributed by atoms with E-state index in [9.17, 15) is 18.0 Å². The zero-order valence-corrected chi connectivity index (χ0v) is 24.5. The summed E-state index contributed by atoms with van der Waals surface area (Å²) < 4.78 is 44.0. The maximum absolute atomic E-state index is 12.6. The Kier molecular flexibility index (Phi) is 10.5. The minimum absolute atomic E-state index is 0.132. The number of hydrogen-bond donors (Lipinski definition) is 2. The van der Waals surface area contributed by atoms with Gasteiger partial charge in [-0.05, 0) is 90.8 Å². The number of carbonyl (C=O) groups is 2. The normalized spacial score (nSPS) is 11.1. The number of ether oxygens (including phenoxy) is 3. The van der Waals surface area contributed by atoms with E-state index in [-0.39, 0.29) is 16.2 Å². The van der Waals surface area contributed by atoms with Crippen molar-refractivity contribution in [3.8, 4) is 17.2 Å². The van der Waals surface area contributed by atoms with Gasteiger partial charge in [0.25, 0.3) is 15.9 Å². The largest absolute Gasteiger partial charge is 0.494 e. The number of unbranched alkanes of at least 4 members (excludes halogenated alkanes) is 1. The number of nitrogens with one attached hydrogen (secondary N) is 2. The van der Waals surface area contributed by atoms with Crippen LogP contribution in [0.3, 0.4) is 0 Å². The molecule has 1 amide bonds. The predicted molar refractivity (Wildman–Crippen MR) is 164 cm³/mol. The van der Waals surface area contributed by atoms with E-state index in [1.54, 1.807) is 60.7 Å². The van der Waals surface area contributed by atoms with Gasteiger partial charge in [0, 0.05) is 11.3 Å². The average Bonchev–Trinajstić information content (AvgIpc) is 3.02. The summed E-state index contributed by atoms with van der Waals surface area (Å²) in [6, 6.07) is 25.4. The first-order valence-electron chi connectivity index (χ1n) is 13.4. The van der Waals surface area contributed by atoms with Crippen LogP contribution < -0.4 is 24.4 Å². The quantitative estimate of drug-likeness (QED) is 0.0665. The summed E-state index contributed by atoms with van der Waals surface area (Å²) in [7, 11) is -2.30. The summed E-state index contributed by atoms with van der Waals surface area (Å²) in [5.41, 5.74) is 3.95. The number of amides is 1. The Bertz CT molecular complexity index is 1670. The van der Waals surface area contributed by atoms with Gasteiger partial charge >= 0.3 is 5.97 Å². The van der Waals surface area contributed by atoms with E-state index in [0.717, 1.165) is 12.8 Å². The average molecular weight is 602 g/mol. The van der Waals surface area contributed by atoms with Crippen LogP contribution in [0.15, 0.2) is 107 Å². The minimum atomic E-state index is -3.74. The fourth-order valence-corrected chi connectivity index (χ4v) is 4.84. The number of hydrazone groups is 1. The maximum Gasteiger partial charge on any atom is 0.343 e. The molecule has 43 heavy (non-hydrogen) atoms. The lowest BCUT2D eigenvalue weighted by molar-refractivity contribution is 0.0729. The van der Waals surface area contributed by atoms with Gasteiger partial charge in [-0.25, -0.2) is 18.6 Å². The summed E-state index contributed by atoms with van der Waals surface area (Å²) >= 11 is 0. The van der Waals surface area contributed by atoms with Gasteiger partial charge in [-0.1, -0.05) is 31.5 Å². The summed E-state index contributed by atoms with van der Waals surface area (Å²) in [6.07, 6.45) is 3.39. The van der Waals surface area contributed by atoms with Gasteiger partial charge in [0.05, 0.1) is 30.4 Å². The Morgan fingerprint density at radius 3 is 2.23 bits per heavy atom. The van der Waals surface area contributed by atoms with Crippen molar-refractivity contribution in [2.45, 2.75) is 24.7 Å². The molecule has 10 nitrogen and oxygen atoms in total. The number of nitrogens with zero attached hydrogens (tertiary/aromatic N) is 1. The summed E-state index contributed by atoms with van der Waals surface area (Å²) in [4.78, 5) is 25.3. The highest BCUT2D eigenvalue weighted by Gasteiger charge is 2.15. The molecule has 0 heterocycles. The van der Waals surface area contributed by atoms with Crippen molar-refractivity contribution in [2.24, 2.45) is 5.10 Å². The molecular formula is C32H31N3O7S. The first kappa shape index (κ1) is 30.8. The Morgan fingerprint density at radius 1 is 0.860 bits per heavy atom. The number of rotatable bonds is 13. The monoisotopic (exact) mass is 601 g/mol. The number of sulfonamides is 1. The molecule has 4 aromatic carbocycles. The fraction of sp³-hybridized carbons (Fsp3) is 0.156. The second kappa shape index (κ2) is 14.6. The molecule has 0 saturated carbocycles. The number of methoxy groups -OCH3 is 1. The van der Waals surface area contributed by atoms with E-state index in [4.69, 9.17) is 14.2 Å². The van der Waals surface area contributed by atoms with Gasteiger partial charge in [0.15, 0.2) is 11.5 Å². The molecule has 0 unspecified atom stereocenters. The second-order valence-corrected chi connectivity index (χ2v) is 10.9. The lowest BCUT2D eigenvalue weighted by Gasteiger charge is -2.10. The van der Waals surface area contributed by atoms with E-state index >= 15 is 0 Å². The summed E-state index contributed by atoms with van der Waals surface area (Å²) in [5, 5.41) is 3.98. The standard InChI is InChI=1S/C32H31N3O7S/c1-3-4-20-41-27-17-13-25(14-18-27)32(37)42-29-19-10-23(21-30(29)40-2)22-33-34-31(36)24-11-15-26(16-12-24)35-43(38,39)28-8-6-5-7-9-28/h5-19,21-22,35H,3-4,20H2,1-2H3,(H,34,36)/b33-22+. The Balaban J connectivity index is 1.32. The second-order valence-electron chi connectivity index (χ2n) is 9.22. The molecule has 2 N–H and O–H groups in total. The molecule has 0 radical (unpaired) electrons. The van der Waals surface area contributed by atoms with Crippen molar-refractivity contribution < 1.29 is 32.2 Å². The van der Waals surface area contributed by atoms with Crippen LogP contribution in [0.5, 0.6) is 17.2 Å². The highest BCUT2D eigenvalue weighted by atomic mass is 32.2. The molecule has 11 heteroatoms.